The number of aryl methyl sites for hydroxylation is 2. The first-order chi connectivity index (χ1) is 58.7. The molecule has 8 rings (SSSR count). The van der Waals surface area contributed by atoms with Crippen LogP contribution in [-0.2, 0) is 83.1 Å². The fourth-order valence-corrected chi connectivity index (χ4v) is 16.7. The molecule has 1 unspecified atom stereocenters. The molecule has 2 fully saturated rings. The largest absolute Gasteiger partial charge is 0.496 e. The summed E-state index contributed by atoms with van der Waals surface area (Å²) in [5.74, 6) is -3.35. The third kappa shape index (κ3) is 42.0. The summed E-state index contributed by atoms with van der Waals surface area (Å²) in [6, 6.07) is 44.3. The van der Waals surface area contributed by atoms with Crippen molar-refractivity contribution in [3.05, 3.63) is 220 Å². The second-order valence-corrected chi connectivity index (χ2v) is 34.8. The molecule has 2 aliphatic heterocycles. The van der Waals surface area contributed by atoms with Gasteiger partial charge in [0, 0.05) is 103 Å². The van der Waals surface area contributed by atoms with E-state index in [1.807, 2.05) is 105 Å². The number of amides is 9. The molecule has 0 saturated carbocycles. The number of thioether (sulfide) groups is 7. The van der Waals surface area contributed by atoms with Gasteiger partial charge in [0.2, 0.25) is 78.7 Å². The molecule has 0 spiro atoms. The van der Waals surface area contributed by atoms with Crippen molar-refractivity contribution < 1.29 is 101 Å². The lowest BCUT2D eigenvalue weighted by molar-refractivity contribution is -0.146. The van der Waals surface area contributed by atoms with Crippen LogP contribution >= 0.6 is 82.3 Å². The van der Waals surface area contributed by atoms with Crippen LogP contribution in [0.4, 0.5) is 0 Å². The lowest BCUT2D eigenvalue weighted by Crippen LogP contribution is -2.59. The average Bonchev–Trinajstić information content (AvgIpc) is 0.996. The van der Waals surface area contributed by atoms with Gasteiger partial charge >= 0.3 is 17.9 Å². The Morgan fingerprint density at radius 1 is 0.524 bits per heavy atom. The maximum absolute atomic E-state index is 12.3. The van der Waals surface area contributed by atoms with Crippen molar-refractivity contribution >= 4 is 179 Å². The first kappa shape index (κ1) is 107. The number of nitrogens with two attached hydrogens (primary N) is 2. The second kappa shape index (κ2) is 57.5. The highest BCUT2D eigenvalue weighted by Gasteiger charge is 2.36. The molecule has 12 N–H and O–H groups in total. The summed E-state index contributed by atoms with van der Waals surface area (Å²) in [7, 11) is 1.45. The Morgan fingerprint density at radius 3 is 1.36 bits per heavy atom. The van der Waals surface area contributed by atoms with Gasteiger partial charge in [0.25, 0.3) is 0 Å². The number of ether oxygens (including phenoxy) is 3. The quantitative estimate of drug-likeness (QED) is 0.0170. The number of hydrogen-bond acceptors (Lipinski definition) is 28. The molecule has 38 heteroatoms. The number of carboxylic acids is 1. The van der Waals surface area contributed by atoms with E-state index < -0.39 is 71.9 Å². The van der Waals surface area contributed by atoms with E-state index in [1.54, 1.807) is 103 Å². The third-order valence-electron chi connectivity index (χ3n) is 16.6. The molecular weight excluding hydrogens is 1730 g/mol. The molecule has 668 valence electrons. The SMILES string of the molecule is C=C1NC(C(=O)SC[C@H](NC(C)=O)C(=O)OCC)CS1.CC(=O)N[C@@H](CSC(=O)c1ccc(C)cc1)C(N)=O.CC(=O)N[C@@H](CSC(C)(C)c1ccccc1)C(N)=O.CCOC(=O)[C@H](CSC(=O)c1ccc(C)cc1)NC(C)=O.COc1ccccc1C(=O)SC[C@H](NC(C)=O)C(=O)O.O=C(SC[C@H]1C(=O)NCC(=O)N1Cc1ccccc1)c1ccccc1. The molecule has 0 bridgehead atoms. The van der Waals surface area contributed by atoms with Crippen LogP contribution in [0.2, 0.25) is 0 Å². The van der Waals surface area contributed by atoms with Crippen LogP contribution in [0.3, 0.4) is 0 Å². The minimum atomic E-state index is -1.18. The number of nitrogens with zero attached hydrogens (tertiary/aromatic N) is 1. The Hall–Kier alpha value is -10.9. The summed E-state index contributed by atoms with van der Waals surface area (Å²) in [6.07, 6.45) is 0. The molecule has 31 nitrogen and oxygen atoms in total. The average molecular weight is 1840 g/mol. The van der Waals surface area contributed by atoms with Gasteiger partial charge in [-0.3, -0.25) is 67.1 Å². The lowest BCUT2D eigenvalue weighted by atomic mass is 10.0. The van der Waals surface area contributed by atoms with Gasteiger partial charge < -0.3 is 72.9 Å². The normalized spacial score (nSPS) is 14.1. The standard InChI is InChI=1S/C19H18N2O3S.C15H19NO4S.C14H20N2O2S.C13H16N2O3S.C13H15NO5S.C12H18N2O4S2/c22-17-11-20-18(23)16(21(17)12-14-7-3-1-4-8-14)13-25-19(24)15-9-5-2-6-10-15;1-4-20-14(18)13(16-11(3)17)9-21-15(19)12-7-5-10(2)6-8-12;1-10(17)16-12(13(15)18)9-19-14(2,3)11-7-5-4-6-8-11;1-8-3-5-10(6-4-8)13(18)19-7-11(12(14)17)15-9(2)16;1-8(15)14-10(12(16)17)7-20-13(18)9-5-3-4-6-11(9)19-2;1-4-18-11(16)9(13-7(2)15)5-20-12(17)10-6-19-8(3)14-10/h1-10,16H,11-13H2,(H,20,23);5-8,13H,4,9H2,1-3H3,(H,16,17);4-8,12H,9H2,1-3H3,(H2,15,18)(H,16,17);3-6,11H,7H2,1-2H3,(H2,14,17)(H,15,16);3-6,10H,7H2,1-2H3,(H,14,15)(H,16,17);9-10,14H,3-6H2,1-2H3,(H,13,15)/t16-;13-;12-;11-;10-;9-,10?/m000000/s1. The van der Waals surface area contributed by atoms with Crippen LogP contribution in [0.5, 0.6) is 5.75 Å². The van der Waals surface area contributed by atoms with Gasteiger partial charge in [-0.05, 0) is 64.8 Å². The number of hydrogen-bond donors (Lipinski definition) is 10. The van der Waals surface area contributed by atoms with E-state index in [1.165, 1.54) is 59.1 Å². The Bertz CT molecular complexity index is 4620. The first-order valence-corrected chi connectivity index (χ1v) is 45.2. The maximum atomic E-state index is 12.3. The summed E-state index contributed by atoms with van der Waals surface area (Å²) < 4.78 is 14.7. The number of para-hydroxylation sites is 1. The minimum absolute atomic E-state index is 0.000530. The smallest absolute Gasteiger partial charge is 0.329 e. The van der Waals surface area contributed by atoms with Gasteiger partial charge in [0.05, 0.1) is 37.5 Å². The van der Waals surface area contributed by atoms with Crippen molar-refractivity contribution in [1.29, 1.82) is 0 Å². The minimum Gasteiger partial charge on any atom is -0.496 e. The van der Waals surface area contributed by atoms with Crippen LogP contribution in [0, 0.1) is 13.8 Å². The van der Waals surface area contributed by atoms with E-state index in [9.17, 15) is 81.5 Å². The second-order valence-electron chi connectivity index (χ2n) is 27.1. The number of esters is 2. The number of piperazine rings is 1. The number of nitrogens with one attached hydrogen (secondary N) is 7. The van der Waals surface area contributed by atoms with E-state index in [4.69, 9.17) is 30.8 Å². The zero-order chi connectivity index (χ0) is 92.6. The van der Waals surface area contributed by atoms with Crippen molar-refractivity contribution in [3.63, 3.8) is 0 Å². The topological polar surface area (TPSA) is 478 Å². The molecule has 0 aliphatic carbocycles. The van der Waals surface area contributed by atoms with Gasteiger partial charge in [0.15, 0.2) is 0 Å². The summed E-state index contributed by atoms with van der Waals surface area (Å²) in [6.45, 7) is 22.5. The Balaban J connectivity index is 0.000000385. The molecule has 0 radical (unpaired) electrons. The van der Waals surface area contributed by atoms with Gasteiger partial charge in [-0.15, -0.1) is 23.5 Å². The fraction of sp³-hybridized carbons (Fsp3) is 0.360. The molecular formula is C86H106N10O21S7. The number of carbonyl (C=O) groups excluding carboxylic acids is 16. The molecule has 0 aromatic heterocycles. The van der Waals surface area contributed by atoms with Crippen LogP contribution in [-0.4, -0.2) is 216 Å². The zero-order valence-electron chi connectivity index (χ0n) is 70.7. The molecule has 9 amide bonds. The maximum Gasteiger partial charge on any atom is 0.329 e. The van der Waals surface area contributed by atoms with Gasteiger partial charge in [-0.2, -0.15) is 0 Å². The predicted molar refractivity (Wildman–Crippen MR) is 488 cm³/mol. The van der Waals surface area contributed by atoms with Crippen molar-refractivity contribution in [3.8, 4) is 5.75 Å². The number of benzene rings is 6. The van der Waals surface area contributed by atoms with E-state index in [0.29, 0.717) is 46.1 Å². The lowest BCUT2D eigenvalue weighted by Gasteiger charge is -2.34. The number of carbonyl (C=O) groups is 17. The number of rotatable bonds is 34. The number of aliphatic carboxylic acids is 1. The van der Waals surface area contributed by atoms with Crippen molar-refractivity contribution in [2.75, 3.05) is 67.1 Å². The van der Waals surface area contributed by atoms with Gasteiger partial charge in [-0.25, -0.2) is 14.4 Å². The van der Waals surface area contributed by atoms with Gasteiger partial charge in [0.1, 0.15) is 48.0 Å². The Labute approximate surface area is 750 Å². The number of primary amides is 2. The molecule has 6 aromatic carbocycles. The molecule has 2 aliphatic rings. The highest BCUT2D eigenvalue weighted by molar-refractivity contribution is 8.15. The summed E-state index contributed by atoms with van der Waals surface area (Å²) in [5, 5.41) is 26.7. The van der Waals surface area contributed by atoms with E-state index in [2.05, 4.69) is 57.6 Å². The third-order valence-corrected chi connectivity index (χ3v) is 24.0. The highest BCUT2D eigenvalue weighted by atomic mass is 32.2. The van der Waals surface area contributed by atoms with E-state index in [-0.39, 0.29) is 120 Å². The summed E-state index contributed by atoms with van der Waals surface area (Å²) >= 11 is 7.93. The van der Waals surface area contributed by atoms with Crippen LogP contribution < -0.4 is 53.4 Å². The molecule has 2 saturated heterocycles. The van der Waals surface area contributed by atoms with Gasteiger partial charge in [-0.1, -0.05) is 228 Å². The highest BCUT2D eigenvalue weighted by Crippen LogP contribution is 2.36. The fourth-order valence-electron chi connectivity index (χ4n) is 10.3. The molecule has 6 aromatic rings. The molecule has 124 heavy (non-hydrogen) atoms. The monoisotopic (exact) mass is 1840 g/mol. The Morgan fingerprint density at radius 2 is 0.919 bits per heavy atom. The Kier molecular flexibility index (Phi) is 49.8. The van der Waals surface area contributed by atoms with Crippen molar-refractivity contribution in [2.45, 2.75) is 130 Å². The number of methoxy groups -OCH3 is 1. The van der Waals surface area contributed by atoms with E-state index >= 15 is 0 Å². The first-order valence-electron chi connectivity index (χ1n) is 38.3. The van der Waals surface area contributed by atoms with Crippen LogP contribution in [0.15, 0.2) is 175 Å². The van der Waals surface area contributed by atoms with E-state index in [0.717, 1.165) is 80.5 Å². The molecule has 2 heterocycles. The van der Waals surface area contributed by atoms with Crippen molar-refractivity contribution in [1.82, 2.24) is 42.1 Å². The summed E-state index contributed by atoms with van der Waals surface area (Å²) in [4.78, 5) is 198. The van der Waals surface area contributed by atoms with Crippen molar-refractivity contribution in [2.24, 2.45) is 11.5 Å². The van der Waals surface area contributed by atoms with Crippen LogP contribution in [0.1, 0.15) is 126 Å². The molecule has 7 atom stereocenters. The predicted octanol–water partition coefficient (Wildman–Crippen LogP) is 8.17. The zero-order valence-corrected chi connectivity index (χ0v) is 76.4. The summed E-state index contributed by atoms with van der Waals surface area (Å²) in [5.41, 5.74) is 16.8. The number of carboxylic acid groups (broad SMARTS) is 1. The van der Waals surface area contributed by atoms with Crippen LogP contribution in [0.25, 0.3) is 0 Å².